The van der Waals surface area contributed by atoms with Gasteiger partial charge in [0, 0.05) is 23.5 Å². The topological polar surface area (TPSA) is 122 Å². The molecular weight excluding hydrogens is 388 g/mol. The molecule has 3 aliphatic heterocycles. The molecule has 3 heterocycles. The van der Waals surface area contributed by atoms with Crippen LogP contribution in [-0.2, 0) is 14.4 Å². The molecule has 9 heteroatoms. The van der Waals surface area contributed by atoms with Crippen LogP contribution in [0.25, 0.3) is 6.08 Å². The minimum atomic E-state index is -0.896. The van der Waals surface area contributed by atoms with Crippen LogP contribution < -0.4 is 15.5 Å². The fourth-order valence-electron chi connectivity index (χ4n) is 4.61. The number of non-ortho nitro benzene ring substituents is 1. The van der Waals surface area contributed by atoms with Crippen molar-refractivity contribution in [2.24, 2.45) is 11.8 Å². The summed E-state index contributed by atoms with van der Waals surface area (Å²) in [6.45, 7) is 0. The number of nitro groups is 1. The van der Waals surface area contributed by atoms with Gasteiger partial charge in [-0.25, -0.2) is 0 Å². The Bertz CT molecular complexity index is 1130. The van der Waals surface area contributed by atoms with Crippen LogP contribution in [0.3, 0.4) is 0 Å². The summed E-state index contributed by atoms with van der Waals surface area (Å²) >= 11 is 0. The first-order valence-electron chi connectivity index (χ1n) is 9.41. The van der Waals surface area contributed by atoms with E-state index in [0.717, 1.165) is 11.3 Å². The lowest BCUT2D eigenvalue weighted by atomic mass is 9.88. The number of carbonyl (C=O) groups excluding carboxylic acids is 3. The lowest BCUT2D eigenvalue weighted by Gasteiger charge is -2.35. The zero-order valence-corrected chi connectivity index (χ0v) is 15.5. The summed E-state index contributed by atoms with van der Waals surface area (Å²) in [5.74, 6) is -2.77. The Morgan fingerprint density at radius 2 is 1.73 bits per heavy atom. The highest BCUT2D eigenvalue weighted by Crippen LogP contribution is 2.46. The zero-order valence-electron chi connectivity index (χ0n) is 15.5. The number of hydrogen-bond donors (Lipinski definition) is 2. The van der Waals surface area contributed by atoms with Crippen molar-refractivity contribution in [3.63, 3.8) is 0 Å². The predicted molar refractivity (Wildman–Crippen MR) is 107 cm³/mol. The maximum Gasteiger partial charge on any atom is 0.269 e. The van der Waals surface area contributed by atoms with Crippen LogP contribution in [0.1, 0.15) is 5.56 Å². The normalized spacial score (nSPS) is 25.9. The van der Waals surface area contributed by atoms with Crippen molar-refractivity contribution in [1.82, 2.24) is 5.32 Å². The fraction of sp³-hybridized carbons (Fsp3) is 0.190. The smallest absolute Gasteiger partial charge is 0.269 e. The van der Waals surface area contributed by atoms with Gasteiger partial charge in [0.05, 0.1) is 22.8 Å². The van der Waals surface area contributed by atoms with Crippen molar-refractivity contribution < 1.29 is 19.3 Å². The maximum atomic E-state index is 13.3. The molecule has 2 saturated heterocycles. The second kappa shape index (κ2) is 6.51. The molecule has 2 aromatic carbocycles. The van der Waals surface area contributed by atoms with Crippen molar-refractivity contribution in [2.45, 2.75) is 12.1 Å². The number of nitrogens with one attached hydrogen (secondary N) is 2. The second-order valence-corrected chi connectivity index (χ2v) is 7.46. The summed E-state index contributed by atoms with van der Waals surface area (Å²) in [7, 11) is 0. The molecule has 0 radical (unpaired) electrons. The summed E-state index contributed by atoms with van der Waals surface area (Å²) in [6.07, 6.45) is 3.76. The van der Waals surface area contributed by atoms with E-state index >= 15 is 0 Å². The number of nitro benzene ring substituents is 1. The molecule has 0 bridgehead atoms. The number of anilines is 2. The molecular formula is C21H16N4O5. The Balaban J connectivity index is 1.52. The molecule has 2 aromatic rings. The molecule has 4 atom stereocenters. The Morgan fingerprint density at radius 3 is 2.47 bits per heavy atom. The van der Waals surface area contributed by atoms with Gasteiger partial charge >= 0.3 is 0 Å². The first-order chi connectivity index (χ1) is 14.5. The van der Waals surface area contributed by atoms with Gasteiger partial charge in [-0.05, 0) is 23.8 Å². The van der Waals surface area contributed by atoms with E-state index in [1.807, 2.05) is 41.3 Å². The van der Waals surface area contributed by atoms with Gasteiger partial charge in [0.1, 0.15) is 6.04 Å². The van der Waals surface area contributed by atoms with E-state index in [-0.39, 0.29) is 11.6 Å². The molecule has 3 amide bonds. The summed E-state index contributed by atoms with van der Waals surface area (Å²) in [4.78, 5) is 50.5. The van der Waals surface area contributed by atoms with Crippen molar-refractivity contribution >= 4 is 40.9 Å². The summed E-state index contributed by atoms with van der Waals surface area (Å²) in [5.41, 5.74) is 1.96. The van der Waals surface area contributed by atoms with Gasteiger partial charge in [-0.3, -0.25) is 29.8 Å². The van der Waals surface area contributed by atoms with Crippen molar-refractivity contribution in [2.75, 3.05) is 10.2 Å². The van der Waals surface area contributed by atoms with Crippen LogP contribution in [0.15, 0.2) is 54.6 Å². The quantitative estimate of drug-likeness (QED) is 0.456. The maximum absolute atomic E-state index is 13.3. The van der Waals surface area contributed by atoms with Gasteiger partial charge in [0.15, 0.2) is 0 Å². The van der Waals surface area contributed by atoms with Crippen LogP contribution in [0, 0.1) is 22.0 Å². The van der Waals surface area contributed by atoms with E-state index in [1.165, 1.54) is 24.3 Å². The molecule has 0 spiro atoms. The van der Waals surface area contributed by atoms with E-state index in [4.69, 9.17) is 0 Å². The molecule has 0 aliphatic carbocycles. The Morgan fingerprint density at radius 1 is 1.03 bits per heavy atom. The van der Waals surface area contributed by atoms with Crippen LogP contribution in [0.2, 0.25) is 0 Å². The molecule has 0 aromatic heterocycles. The summed E-state index contributed by atoms with van der Waals surface area (Å²) in [6, 6.07) is 11.6. The van der Waals surface area contributed by atoms with Gasteiger partial charge in [0.25, 0.3) is 5.69 Å². The van der Waals surface area contributed by atoms with Gasteiger partial charge in [0.2, 0.25) is 17.7 Å². The number of benzene rings is 2. The van der Waals surface area contributed by atoms with E-state index in [1.54, 1.807) is 0 Å². The van der Waals surface area contributed by atoms with Gasteiger partial charge in [-0.15, -0.1) is 0 Å². The lowest BCUT2D eigenvalue weighted by Crippen LogP contribution is -2.49. The number of amides is 3. The average molecular weight is 404 g/mol. The van der Waals surface area contributed by atoms with Gasteiger partial charge < -0.3 is 10.2 Å². The highest BCUT2D eigenvalue weighted by atomic mass is 16.6. The number of carbonyl (C=O) groups is 3. The highest BCUT2D eigenvalue weighted by molar-refractivity contribution is 6.12. The van der Waals surface area contributed by atoms with Gasteiger partial charge in [-0.1, -0.05) is 30.4 Å². The standard InChI is InChI=1S/C21H16N4O5/c26-19-16-15-10-5-11-3-1-2-4-14(11)24(15)18(17(16)20(27)23-19)21(28)22-12-6-8-13(9-7-12)25(29)30/h1-10,15-18H,(H,22,28)(H,23,26,27)/t15-,16+,17-,18+/m1/s1. The first kappa shape index (κ1) is 18.0. The average Bonchev–Trinajstić information content (AvgIpc) is 3.24. The second-order valence-electron chi connectivity index (χ2n) is 7.46. The minimum absolute atomic E-state index is 0.0927. The number of imide groups is 1. The van der Waals surface area contributed by atoms with E-state index in [9.17, 15) is 24.5 Å². The molecule has 2 fully saturated rings. The SMILES string of the molecule is O=C1NC(=O)[C@@H]2[C@@H]1[C@H]1C=Cc3ccccc3N1[C@@H]2C(=O)Nc1ccc([N+](=O)[O-])cc1. The van der Waals surface area contributed by atoms with E-state index in [2.05, 4.69) is 10.6 Å². The number of nitrogens with zero attached hydrogens (tertiary/aromatic N) is 2. The molecule has 0 saturated carbocycles. The highest BCUT2D eigenvalue weighted by Gasteiger charge is 2.61. The predicted octanol–water partition coefficient (Wildman–Crippen LogP) is 1.71. The number of fused-ring (bicyclic) bond motifs is 5. The Kier molecular flexibility index (Phi) is 3.92. The number of para-hydroxylation sites is 1. The van der Waals surface area contributed by atoms with Crippen molar-refractivity contribution in [3.8, 4) is 0 Å². The fourth-order valence-corrected chi connectivity index (χ4v) is 4.61. The molecule has 5 rings (SSSR count). The molecule has 0 unspecified atom stereocenters. The van der Waals surface area contributed by atoms with Crippen LogP contribution in [0.4, 0.5) is 17.1 Å². The minimum Gasteiger partial charge on any atom is -0.351 e. The molecule has 3 aliphatic rings. The Hall–Kier alpha value is -4.01. The molecule has 30 heavy (non-hydrogen) atoms. The third-order valence-corrected chi connectivity index (χ3v) is 5.87. The third-order valence-electron chi connectivity index (χ3n) is 5.87. The van der Waals surface area contributed by atoms with E-state index in [0.29, 0.717) is 5.69 Å². The summed E-state index contributed by atoms with van der Waals surface area (Å²) < 4.78 is 0. The largest absolute Gasteiger partial charge is 0.351 e. The lowest BCUT2D eigenvalue weighted by molar-refractivity contribution is -0.384. The van der Waals surface area contributed by atoms with Crippen LogP contribution in [0.5, 0.6) is 0 Å². The van der Waals surface area contributed by atoms with Gasteiger partial charge in [-0.2, -0.15) is 0 Å². The molecule has 2 N–H and O–H groups in total. The van der Waals surface area contributed by atoms with E-state index < -0.39 is 40.7 Å². The van der Waals surface area contributed by atoms with Crippen molar-refractivity contribution in [1.29, 1.82) is 0 Å². The molecule has 150 valence electrons. The first-order valence-corrected chi connectivity index (χ1v) is 9.41. The monoisotopic (exact) mass is 404 g/mol. The zero-order chi connectivity index (χ0) is 21.0. The van der Waals surface area contributed by atoms with Crippen molar-refractivity contribution in [3.05, 3.63) is 70.3 Å². The molecule has 9 nitrogen and oxygen atoms in total. The van der Waals surface area contributed by atoms with Crippen LogP contribution in [-0.4, -0.2) is 34.7 Å². The number of hydrogen-bond acceptors (Lipinski definition) is 6. The van der Waals surface area contributed by atoms with Crippen LogP contribution >= 0.6 is 0 Å². The number of rotatable bonds is 3. The summed E-state index contributed by atoms with van der Waals surface area (Å²) in [5, 5.41) is 15.9. The third kappa shape index (κ3) is 2.59. The Labute approximate surface area is 170 Å².